The second kappa shape index (κ2) is 8.77. The topological polar surface area (TPSA) is 47.6 Å². The smallest absolute Gasteiger partial charge is 0.261 e. The summed E-state index contributed by atoms with van der Waals surface area (Å²) in [5, 5.41) is 3.57. The third-order valence-corrected chi connectivity index (χ3v) is 4.21. The van der Waals surface area contributed by atoms with E-state index in [-0.39, 0.29) is 11.9 Å². The first-order chi connectivity index (χ1) is 11.9. The number of nitrogens with one attached hydrogen (secondary N) is 1. The summed E-state index contributed by atoms with van der Waals surface area (Å²) in [4.78, 5) is 12.3. The Balaban J connectivity index is 1.83. The van der Waals surface area contributed by atoms with Gasteiger partial charge in [-0.05, 0) is 63.1 Å². The van der Waals surface area contributed by atoms with E-state index in [1.165, 1.54) is 0 Å². The van der Waals surface area contributed by atoms with Crippen LogP contribution in [-0.2, 0) is 4.79 Å². The lowest BCUT2D eigenvalue weighted by Crippen LogP contribution is -2.43. The highest BCUT2D eigenvalue weighted by Gasteiger charge is 2.17. The summed E-state index contributed by atoms with van der Waals surface area (Å²) >= 11 is 6.00. The van der Waals surface area contributed by atoms with Crippen LogP contribution < -0.4 is 14.8 Å². The number of benzene rings is 2. The van der Waals surface area contributed by atoms with Crippen molar-refractivity contribution in [2.45, 2.75) is 39.8 Å². The summed E-state index contributed by atoms with van der Waals surface area (Å²) in [6.45, 7) is 7.89. The molecule has 0 unspecified atom stereocenters. The van der Waals surface area contributed by atoms with Crippen molar-refractivity contribution in [3.05, 3.63) is 58.6 Å². The molecular weight excluding hydrogens is 338 g/mol. The van der Waals surface area contributed by atoms with Crippen LogP contribution >= 0.6 is 11.6 Å². The van der Waals surface area contributed by atoms with E-state index in [1.807, 2.05) is 51.1 Å². The molecule has 2 atom stereocenters. The quantitative estimate of drug-likeness (QED) is 0.799. The number of para-hydroxylation sites is 1. The minimum absolute atomic E-state index is 0.134. The van der Waals surface area contributed by atoms with Crippen molar-refractivity contribution in [3.8, 4) is 11.5 Å². The Morgan fingerprint density at radius 1 is 1.12 bits per heavy atom. The maximum Gasteiger partial charge on any atom is 0.261 e. The van der Waals surface area contributed by atoms with Gasteiger partial charge in [-0.1, -0.05) is 29.8 Å². The van der Waals surface area contributed by atoms with Crippen LogP contribution in [0.25, 0.3) is 0 Å². The van der Waals surface area contributed by atoms with E-state index in [0.717, 1.165) is 16.9 Å². The number of rotatable bonds is 7. The molecule has 0 heterocycles. The second-order valence-electron chi connectivity index (χ2n) is 6.16. The largest absolute Gasteiger partial charge is 0.491 e. The molecule has 134 valence electrons. The Bertz CT molecular complexity index is 733. The number of ether oxygens (including phenoxy) is 2. The summed E-state index contributed by atoms with van der Waals surface area (Å²) < 4.78 is 11.4. The van der Waals surface area contributed by atoms with Crippen molar-refractivity contribution in [1.29, 1.82) is 0 Å². The zero-order valence-electron chi connectivity index (χ0n) is 15.0. The molecule has 0 aromatic heterocycles. The van der Waals surface area contributed by atoms with Crippen molar-refractivity contribution >= 4 is 17.5 Å². The summed E-state index contributed by atoms with van der Waals surface area (Å²) in [6.07, 6.45) is -0.610. The Morgan fingerprint density at radius 2 is 1.84 bits per heavy atom. The van der Waals surface area contributed by atoms with Gasteiger partial charge in [0.2, 0.25) is 0 Å². The van der Waals surface area contributed by atoms with Crippen LogP contribution in [0, 0.1) is 13.8 Å². The molecule has 2 aromatic carbocycles. The van der Waals surface area contributed by atoms with Gasteiger partial charge in [0.25, 0.3) is 5.91 Å². The zero-order valence-corrected chi connectivity index (χ0v) is 15.8. The van der Waals surface area contributed by atoms with Crippen molar-refractivity contribution in [2.24, 2.45) is 0 Å². The maximum absolute atomic E-state index is 12.3. The molecule has 0 radical (unpaired) electrons. The average molecular weight is 362 g/mol. The third-order valence-electron chi connectivity index (χ3n) is 3.78. The fourth-order valence-electron chi connectivity index (χ4n) is 2.28. The van der Waals surface area contributed by atoms with Crippen LogP contribution in [0.3, 0.4) is 0 Å². The molecule has 0 aliphatic carbocycles. The molecule has 0 saturated carbocycles. The van der Waals surface area contributed by atoms with Crippen LogP contribution in [0.15, 0.2) is 42.5 Å². The van der Waals surface area contributed by atoms with E-state index in [4.69, 9.17) is 21.1 Å². The molecule has 4 nitrogen and oxygen atoms in total. The van der Waals surface area contributed by atoms with Crippen molar-refractivity contribution in [3.63, 3.8) is 0 Å². The molecule has 0 fully saturated rings. The molecule has 2 rings (SSSR count). The van der Waals surface area contributed by atoms with Gasteiger partial charge in [-0.25, -0.2) is 0 Å². The second-order valence-corrected chi connectivity index (χ2v) is 6.56. The van der Waals surface area contributed by atoms with Gasteiger partial charge < -0.3 is 14.8 Å². The molecule has 25 heavy (non-hydrogen) atoms. The van der Waals surface area contributed by atoms with E-state index >= 15 is 0 Å². The highest BCUT2D eigenvalue weighted by atomic mass is 35.5. The normalized spacial score (nSPS) is 13.0. The van der Waals surface area contributed by atoms with Gasteiger partial charge in [0.15, 0.2) is 6.10 Å². The van der Waals surface area contributed by atoms with Crippen LogP contribution in [0.4, 0.5) is 0 Å². The van der Waals surface area contributed by atoms with Gasteiger partial charge in [-0.2, -0.15) is 0 Å². The van der Waals surface area contributed by atoms with Crippen LogP contribution in [-0.4, -0.2) is 24.7 Å². The Hall–Kier alpha value is -2.20. The summed E-state index contributed by atoms with van der Waals surface area (Å²) in [6, 6.07) is 13.0. The highest BCUT2D eigenvalue weighted by Crippen LogP contribution is 2.22. The molecule has 1 N–H and O–H groups in total. The third kappa shape index (κ3) is 5.68. The number of hydrogen-bond acceptors (Lipinski definition) is 3. The minimum atomic E-state index is -0.610. The first-order valence-electron chi connectivity index (χ1n) is 8.28. The molecule has 0 spiro atoms. The SMILES string of the molecule is Cc1cc(O[C@@H](C)C(=O)N[C@H](C)COc2ccccc2C)ccc1Cl. The molecule has 5 heteroatoms. The van der Waals surface area contributed by atoms with Gasteiger partial charge in [0.1, 0.15) is 18.1 Å². The van der Waals surface area contributed by atoms with E-state index in [1.54, 1.807) is 19.1 Å². The van der Waals surface area contributed by atoms with Crippen molar-refractivity contribution < 1.29 is 14.3 Å². The van der Waals surface area contributed by atoms with Gasteiger partial charge >= 0.3 is 0 Å². The summed E-state index contributed by atoms with van der Waals surface area (Å²) in [5.74, 6) is 1.26. The zero-order chi connectivity index (χ0) is 18.4. The first kappa shape index (κ1) is 19.1. The van der Waals surface area contributed by atoms with E-state index in [2.05, 4.69) is 5.32 Å². The molecular formula is C20H24ClNO3. The van der Waals surface area contributed by atoms with Crippen molar-refractivity contribution in [1.82, 2.24) is 5.32 Å². The van der Waals surface area contributed by atoms with Crippen LogP contribution in [0.2, 0.25) is 5.02 Å². The fourth-order valence-corrected chi connectivity index (χ4v) is 2.40. The molecule has 0 bridgehead atoms. The Labute approximate surface area is 154 Å². The molecule has 1 amide bonds. The fraction of sp³-hybridized carbons (Fsp3) is 0.350. The Kier molecular flexibility index (Phi) is 6.71. The number of aryl methyl sites for hydroxylation is 2. The van der Waals surface area contributed by atoms with Gasteiger partial charge in [-0.3, -0.25) is 4.79 Å². The lowest BCUT2D eigenvalue weighted by atomic mass is 10.2. The van der Waals surface area contributed by atoms with Gasteiger partial charge in [0.05, 0.1) is 6.04 Å². The monoisotopic (exact) mass is 361 g/mol. The Morgan fingerprint density at radius 3 is 2.52 bits per heavy atom. The van der Waals surface area contributed by atoms with E-state index in [9.17, 15) is 4.79 Å². The lowest BCUT2D eigenvalue weighted by Gasteiger charge is -2.20. The number of carbonyl (C=O) groups is 1. The number of halogens is 1. The number of hydrogen-bond donors (Lipinski definition) is 1. The number of amides is 1. The first-order valence-corrected chi connectivity index (χ1v) is 8.66. The predicted molar refractivity (Wildman–Crippen MR) is 101 cm³/mol. The maximum atomic E-state index is 12.3. The van der Waals surface area contributed by atoms with E-state index < -0.39 is 6.10 Å². The van der Waals surface area contributed by atoms with Crippen LogP contribution in [0.5, 0.6) is 11.5 Å². The van der Waals surface area contributed by atoms with Crippen molar-refractivity contribution in [2.75, 3.05) is 6.61 Å². The highest BCUT2D eigenvalue weighted by molar-refractivity contribution is 6.31. The molecule has 0 saturated heterocycles. The standard InChI is InChI=1S/C20H24ClNO3/c1-13-7-5-6-8-19(13)24-12-15(3)22-20(23)16(4)25-17-9-10-18(21)14(2)11-17/h5-11,15-16H,12H2,1-4H3,(H,22,23)/t15-,16+/m1/s1. The average Bonchev–Trinajstić information content (AvgIpc) is 2.57. The number of carbonyl (C=O) groups excluding carboxylic acids is 1. The lowest BCUT2D eigenvalue weighted by molar-refractivity contribution is -0.128. The molecule has 0 aliphatic rings. The summed E-state index contributed by atoms with van der Waals surface area (Å²) in [7, 11) is 0. The van der Waals surface area contributed by atoms with Gasteiger partial charge in [0, 0.05) is 5.02 Å². The minimum Gasteiger partial charge on any atom is -0.491 e. The molecule has 0 aliphatic heterocycles. The van der Waals surface area contributed by atoms with E-state index in [0.29, 0.717) is 17.4 Å². The molecule has 2 aromatic rings. The van der Waals surface area contributed by atoms with Gasteiger partial charge in [-0.15, -0.1) is 0 Å². The summed E-state index contributed by atoms with van der Waals surface area (Å²) in [5.41, 5.74) is 1.97. The van der Waals surface area contributed by atoms with Crippen LogP contribution in [0.1, 0.15) is 25.0 Å². The predicted octanol–water partition coefficient (Wildman–Crippen LogP) is 4.31.